The molecule has 9 heteroatoms. The molecule has 1 aliphatic heterocycles. The van der Waals surface area contributed by atoms with E-state index in [1.54, 1.807) is 0 Å². The number of imide groups is 1. The minimum absolute atomic E-state index is 0.170. The van der Waals surface area contributed by atoms with Crippen molar-refractivity contribution in [2.45, 2.75) is 50.5 Å². The molecule has 1 N–H and O–H groups in total. The Morgan fingerprint density at radius 1 is 1.00 bits per heavy atom. The van der Waals surface area contributed by atoms with E-state index in [1.807, 2.05) is 0 Å². The van der Waals surface area contributed by atoms with Gasteiger partial charge in [-0.05, 0) is 12.8 Å². The van der Waals surface area contributed by atoms with Crippen molar-refractivity contribution in [2.75, 3.05) is 34.0 Å². The number of carbonyl (C=O) groups is 4. The Bertz CT molecular complexity index is 539. The fourth-order valence-electron chi connectivity index (χ4n) is 3.50. The topological polar surface area (TPSA) is 105 Å². The molecule has 0 aromatic rings. The highest BCUT2D eigenvalue weighted by atomic mass is 16.5. The van der Waals surface area contributed by atoms with E-state index in [-0.39, 0.29) is 25.7 Å². The van der Waals surface area contributed by atoms with Crippen LogP contribution < -0.4 is 5.32 Å². The van der Waals surface area contributed by atoms with Gasteiger partial charge >= 0.3 is 18.0 Å². The summed E-state index contributed by atoms with van der Waals surface area (Å²) in [6, 6.07) is -0.490. The molecule has 9 nitrogen and oxygen atoms in total. The zero-order valence-corrected chi connectivity index (χ0v) is 15.4. The predicted octanol–water partition coefficient (Wildman–Crippen LogP) is 0.627. The van der Waals surface area contributed by atoms with Crippen molar-refractivity contribution in [2.24, 2.45) is 0 Å². The van der Waals surface area contributed by atoms with Crippen LogP contribution in [-0.2, 0) is 23.9 Å². The molecule has 1 saturated heterocycles. The van der Waals surface area contributed by atoms with Crippen molar-refractivity contribution in [3.05, 3.63) is 0 Å². The number of rotatable bonds is 6. The first-order valence-corrected chi connectivity index (χ1v) is 8.92. The Labute approximate surface area is 153 Å². The van der Waals surface area contributed by atoms with Crippen molar-refractivity contribution in [3.8, 4) is 0 Å². The van der Waals surface area contributed by atoms with Crippen LogP contribution >= 0.6 is 0 Å². The maximum atomic E-state index is 13.0. The lowest BCUT2D eigenvalue weighted by atomic mass is 9.84. The zero-order valence-electron chi connectivity index (χ0n) is 15.4. The molecule has 0 unspecified atom stereocenters. The van der Waals surface area contributed by atoms with E-state index in [9.17, 15) is 19.2 Å². The van der Waals surface area contributed by atoms with Gasteiger partial charge in [-0.2, -0.15) is 0 Å². The van der Waals surface area contributed by atoms with Gasteiger partial charge in [-0.15, -0.1) is 0 Å². The van der Waals surface area contributed by atoms with E-state index in [2.05, 4.69) is 14.8 Å². The second-order valence-corrected chi connectivity index (χ2v) is 6.79. The minimum Gasteiger partial charge on any atom is -0.468 e. The van der Waals surface area contributed by atoms with Crippen molar-refractivity contribution < 1.29 is 28.7 Å². The second-order valence-electron chi connectivity index (χ2n) is 6.79. The summed E-state index contributed by atoms with van der Waals surface area (Å²) >= 11 is 0. The predicted molar refractivity (Wildman–Crippen MR) is 90.9 cm³/mol. The highest BCUT2D eigenvalue weighted by Gasteiger charge is 2.50. The van der Waals surface area contributed by atoms with Crippen molar-refractivity contribution >= 4 is 23.9 Å². The number of ether oxygens (including phenoxy) is 2. The van der Waals surface area contributed by atoms with Gasteiger partial charge in [-0.25, -0.2) is 9.69 Å². The average molecular weight is 369 g/mol. The lowest BCUT2D eigenvalue weighted by Crippen LogP contribution is -2.49. The first kappa shape index (κ1) is 20.2. The standard InChI is InChI=1S/C17H27N3O6/c1-25-13(21)10-19(11-14(22)26-2)12-20-15(23)17(18-16(20)24)8-6-4-3-5-7-9-17/h3-12H2,1-2H3,(H,18,24). The molecule has 0 radical (unpaired) electrons. The van der Waals surface area contributed by atoms with E-state index >= 15 is 0 Å². The summed E-state index contributed by atoms with van der Waals surface area (Å²) in [4.78, 5) is 51.0. The third-order valence-corrected chi connectivity index (χ3v) is 4.96. The van der Waals surface area contributed by atoms with Gasteiger partial charge in [0.2, 0.25) is 0 Å². The van der Waals surface area contributed by atoms with Gasteiger partial charge in [0, 0.05) is 0 Å². The molecule has 2 fully saturated rings. The third-order valence-electron chi connectivity index (χ3n) is 4.96. The molecule has 26 heavy (non-hydrogen) atoms. The van der Waals surface area contributed by atoms with Crippen molar-refractivity contribution in [1.82, 2.24) is 15.1 Å². The fraction of sp³-hybridized carbons (Fsp3) is 0.765. The Morgan fingerprint density at radius 3 is 2.00 bits per heavy atom. The van der Waals surface area contributed by atoms with E-state index in [1.165, 1.54) is 19.1 Å². The van der Waals surface area contributed by atoms with Crippen LogP contribution in [0.25, 0.3) is 0 Å². The molecule has 0 aromatic heterocycles. The van der Waals surface area contributed by atoms with Crippen LogP contribution in [-0.4, -0.2) is 73.2 Å². The average Bonchev–Trinajstić information content (AvgIpc) is 2.82. The molecule has 1 saturated carbocycles. The molecule has 0 aromatic carbocycles. The Balaban J connectivity index is 2.11. The largest absolute Gasteiger partial charge is 0.468 e. The Morgan fingerprint density at radius 2 is 1.50 bits per heavy atom. The smallest absolute Gasteiger partial charge is 0.326 e. The molecule has 146 valence electrons. The number of urea groups is 1. The van der Waals surface area contributed by atoms with E-state index < -0.39 is 23.5 Å². The minimum atomic E-state index is -0.861. The molecule has 2 aliphatic rings. The van der Waals surface area contributed by atoms with Crippen LogP contribution in [0, 0.1) is 0 Å². The van der Waals surface area contributed by atoms with Gasteiger partial charge in [0.25, 0.3) is 5.91 Å². The van der Waals surface area contributed by atoms with Gasteiger partial charge in [-0.1, -0.05) is 32.1 Å². The summed E-state index contributed by atoms with van der Waals surface area (Å²) in [5, 5.41) is 2.86. The lowest BCUT2D eigenvalue weighted by Gasteiger charge is -2.29. The van der Waals surface area contributed by atoms with Crippen LogP contribution in [0.4, 0.5) is 4.79 Å². The first-order valence-electron chi connectivity index (χ1n) is 8.92. The van der Waals surface area contributed by atoms with Crippen molar-refractivity contribution in [3.63, 3.8) is 0 Å². The molecule has 0 atom stereocenters. The maximum absolute atomic E-state index is 13.0. The van der Waals surface area contributed by atoms with Gasteiger partial charge < -0.3 is 14.8 Å². The normalized spacial score (nSPS) is 19.9. The summed E-state index contributed by atoms with van der Waals surface area (Å²) in [7, 11) is 2.46. The van der Waals surface area contributed by atoms with E-state index in [0.29, 0.717) is 12.8 Å². The zero-order chi connectivity index (χ0) is 19.2. The lowest BCUT2D eigenvalue weighted by molar-refractivity contribution is -0.148. The molecule has 0 bridgehead atoms. The molecular formula is C17H27N3O6. The highest BCUT2D eigenvalue weighted by molar-refractivity contribution is 6.07. The number of nitrogens with zero attached hydrogens (tertiary/aromatic N) is 2. The monoisotopic (exact) mass is 369 g/mol. The SMILES string of the molecule is COC(=O)CN(CC(=O)OC)CN1C(=O)NC2(CCCCCCC2)C1=O. The molecule has 1 spiro atoms. The molecule has 2 rings (SSSR count). The summed E-state index contributed by atoms with van der Waals surface area (Å²) < 4.78 is 9.24. The van der Waals surface area contributed by atoms with E-state index in [0.717, 1.165) is 37.0 Å². The first-order chi connectivity index (χ1) is 12.4. The fourth-order valence-corrected chi connectivity index (χ4v) is 3.50. The number of amides is 3. The highest BCUT2D eigenvalue weighted by Crippen LogP contribution is 2.32. The molecule has 1 aliphatic carbocycles. The second kappa shape index (κ2) is 8.98. The van der Waals surface area contributed by atoms with Gasteiger partial charge in [0.1, 0.15) is 5.54 Å². The number of hydrogen-bond donors (Lipinski definition) is 1. The van der Waals surface area contributed by atoms with Gasteiger partial charge in [0.15, 0.2) is 0 Å². The van der Waals surface area contributed by atoms with Crippen LogP contribution in [0.2, 0.25) is 0 Å². The number of nitrogens with one attached hydrogen (secondary N) is 1. The molecule has 3 amide bonds. The summed E-state index contributed by atoms with van der Waals surface area (Å²) in [6.07, 6.45) is 6.23. The van der Waals surface area contributed by atoms with Crippen LogP contribution in [0.15, 0.2) is 0 Å². The maximum Gasteiger partial charge on any atom is 0.326 e. The number of esters is 2. The van der Waals surface area contributed by atoms with Crippen molar-refractivity contribution in [1.29, 1.82) is 0 Å². The van der Waals surface area contributed by atoms with E-state index in [4.69, 9.17) is 0 Å². The van der Waals surface area contributed by atoms with Gasteiger partial charge in [-0.3, -0.25) is 19.3 Å². The Hall–Kier alpha value is -2.16. The number of methoxy groups -OCH3 is 2. The summed E-state index contributed by atoms with van der Waals surface area (Å²) in [5.41, 5.74) is -0.861. The summed E-state index contributed by atoms with van der Waals surface area (Å²) in [6.45, 7) is -0.623. The number of hydrogen-bond acceptors (Lipinski definition) is 7. The van der Waals surface area contributed by atoms with Crippen LogP contribution in [0.5, 0.6) is 0 Å². The third kappa shape index (κ3) is 4.72. The Kier molecular flexibility index (Phi) is 6.96. The number of carbonyl (C=O) groups excluding carboxylic acids is 4. The van der Waals surface area contributed by atoms with Crippen LogP contribution in [0.3, 0.4) is 0 Å². The molecular weight excluding hydrogens is 342 g/mol. The summed E-state index contributed by atoms with van der Waals surface area (Å²) in [5.74, 6) is -1.42. The molecule has 1 heterocycles. The van der Waals surface area contributed by atoms with Gasteiger partial charge in [0.05, 0.1) is 34.0 Å². The van der Waals surface area contributed by atoms with Crippen LogP contribution in [0.1, 0.15) is 44.9 Å². The quantitative estimate of drug-likeness (QED) is 0.541.